The van der Waals surface area contributed by atoms with Gasteiger partial charge in [0, 0.05) is 6.54 Å². The average molecular weight is 303 g/mol. The van der Waals surface area contributed by atoms with Crippen molar-refractivity contribution in [3.63, 3.8) is 0 Å². The Morgan fingerprint density at radius 2 is 1.89 bits per heavy atom. The van der Waals surface area contributed by atoms with Crippen molar-refractivity contribution in [1.82, 2.24) is 9.88 Å². The van der Waals surface area contributed by atoms with Crippen molar-refractivity contribution in [2.75, 3.05) is 13.1 Å². The molecule has 19 heavy (non-hydrogen) atoms. The van der Waals surface area contributed by atoms with Gasteiger partial charge in [0.2, 0.25) is 11.8 Å². The minimum atomic E-state index is -1.63. The van der Waals surface area contributed by atoms with Gasteiger partial charge in [-0.05, 0) is 19.6 Å². The van der Waals surface area contributed by atoms with Crippen molar-refractivity contribution >= 4 is 28.4 Å². The molecule has 5 nitrogen and oxygen atoms in total. The van der Waals surface area contributed by atoms with Crippen LogP contribution in [-0.4, -0.2) is 52.5 Å². The Hall–Kier alpha value is -0.666. The van der Waals surface area contributed by atoms with E-state index in [0.717, 1.165) is 0 Å². The Labute approximate surface area is 117 Å². The van der Waals surface area contributed by atoms with Crippen LogP contribution in [0, 0.1) is 0 Å². The molecule has 0 aromatic rings. The van der Waals surface area contributed by atoms with Gasteiger partial charge in [-0.2, -0.15) is 0 Å². The molecule has 0 aromatic heterocycles. The minimum Gasteiger partial charge on any atom is -0.412 e. The number of likely N-dealkylation sites (tertiary alicyclic amines) is 1. The van der Waals surface area contributed by atoms with E-state index in [4.69, 9.17) is 4.43 Å². The highest BCUT2D eigenvalue weighted by Gasteiger charge is 2.34. The van der Waals surface area contributed by atoms with Crippen LogP contribution in [0.15, 0.2) is 0 Å². The number of amides is 2. The normalized spacial score (nSPS) is 20.8. The predicted molar refractivity (Wildman–Crippen MR) is 80.9 cm³/mol. The van der Waals surface area contributed by atoms with E-state index < -0.39 is 16.6 Å². The number of hydrogen-bond donors (Lipinski definition) is 1. The molecular weight excluding hydrogens is 276 g/mol. The molecule has 0 aliphatic carbocycles. The first-order valence-electron chi connectivity index (χ1n) is 6.73. The van der Waals surface area contributed by atoms with Crippen LogP contribution in [-0.2, 0) is 14.0 Å². The van der Waals surface area contributed by atoms with Gasteiger partial charge in [-0.3, -0.25) is 9.59 Å². The lowest BCUT2D eigenvalue weighted by molar-refractivity contribution is -0.132. The zero-order chi connectivity index (χ0) is 14.8. The lowest BCUT2D eigenvalue weighted by Crippen LogP contribution is -2.49. The van der Waals surface area contributed by atoms with Crippen LogP contribution >= 0.6 is 0 Å². The zero-order valence-corrected chi connectivity index (χ0v) is 14.9. The number of nitrogens with zero attached hydrogens (tertiary/aromatic N) is 1. The fraction of sp³-hybridized carbons (Fsp3) is 0.833. The quantitative estimate of drug-likeness (QED) is 0.781. The van der Waals surface area contributed by atoms with Crippen molar-refractivity contribution < 1.29 is 14.0 Å². The SMILES string of the molecule is C[Si](C)(C)NC(=O)CN1CC(O[Si](C)(C)C)CC1=O. The van der Waals surface area contributed by atoms with E-state index in [1.807, 2.05) is 0 Å². The van der Waals surface area contributed by atoms with Gasteiger partial charge < -0.3 is 14.3 Å². The van der Waals surface area contributed by atoms with Crippen molar-refractivity contribution in [3.8, 4) is 0 Å². The van der Waals surface area contributed by atoms with Crippen molar-refractivity contribution in [2.24, 2.45) is 0 Å². The molecule has 2 amide bonds. The second-order valence-corrected chi connectivity index (χ2v) is 16.3. The molecule has 0 spiro atoms. The summed E-state index contributed by atoms with van der Waals surface area (Å²) in [4.78, 5) is 28.3. The highest BCUT2D eigenvalue weighted by molar-refractivity contribution is 6.75. The first-order chi connectivity index (χ1) is 8.46. The van der Waals surface area contributed by atoms with Crippen LogP contribution in [0.25, 0.3) is 0 Å². The third kappa shape index (κ3) is 6.35. The van der Waals surface area contributed by atoms with Crippen LogP contribution in [0.1, 0.15) is 6.42 Å². The molecule has 1 rings (SSSR count). The molecular formula is C12H26N2O3Si2. The van der Waals surface area contributed by atoms with Gasteiger partial charge in [-0.25, -0.2) is 0 Å². The summed E-state index contributed by atoms with van der Waals surface area (Å²) in [5.74, 6) is -0.0323. The average Bonchev–Trinajstić information content (AvgIpc) is 2.39. The highest BCUT2D eigenvalue weighted by atomic mass is 28.4. The third-order valence-electron chi connectivity index (χ3n) is 2.55. The standard InChI is InChI=1S/C12H26N2O3Si2/c1-18(2,3)13-11(15)9-14-8-10(7-12(14)16)17-19(4,5)6/h10H,7-9H2,1-6H3,(H,13,15). The Balaban J connectivity index is 2.48. The fourth-order valence-electron chi connectivity index (χ4n) is 2.10. The van der Waals surface area contributed by atoms with E-state index in [1.165, 1.54) is 0 Å². The maximum Gasteiger partial charge on any atom is 0.231 e. The molecule has 1 fully saturated rings. The number of hydrogen-bond acceptors (Lipinski definition) is 3. The summed E-state index contributed by atoms with van der Waals surface area (Å²) in [6, 6.07) is 0. The van der Waals surface area contributed by atoms with E-state index in [2.05, 4.69) is 44.3 Å². The lowest BCUT2D eigenvalue weighted by atomic mass is 10.3. The molecule has 1 atom stereocenters. The van der Waals surface area contributed by atoms with Crippen molar-refractivity contribution in [2.45, 2.75) is 51.8 Å². The molecule has 0 aromatic carbocycles. The lowest BCUT2D eigenvalue weighted by Gasteiger charge is -2.24. The summed E-state index contributed by atoms with van der Waals surface area (Å²) in [5, 5.41) is 0. The molecule has 0 bridgehead atoms. The van der Waals surface area contributed by atoms with E-state index in [9.17, 15) is 9.59 Å². The monoisotopic (exact) mass is 302 g/mol. The van der Waals surface area contributed by atoms with Crippen LogP contribution in [0.3, 0.4) is 0 Å². The predicted octanol–water partition coefficient (Wildman–Crippen LogP) is 1.39. The maximum absolute atomic E-state index is 11.9. The molecule has 0 saturated carbocycles. The number of nitrogens with one attached hydrogen (secondary N) is 1. The summed E-state index contributed by atoms with van der Waals surface area (Å²) in [6.07, 6.45) is 0.365. The molecule has 1 unspecified atom stereocenters. The molecule has 1 N–H and O–H groups in total. The van der Waals surface area contributed by atoms with Gasteiger partial charge in [-0.1, -0.05) is 19.6 Å². The van der Waals surface area contributed by atoms with Crippen LogP contribution in [0.4, 0.5) is 0 Å². The second-order valence-electron chi connectivity index (χ2n) is 7.13. The van der Waals surface area contributed by atoms with Gasteiger partial charge in [-0.15, -0.1) is 0 Å². The van der Waals surface area contributed by atoms with Gasteiger partial charge in [0.15, 0.2) is 8.32 Å². The Kier molecular flexibility index (Phi) is 4.97. The Bertz CT molecular complexity index is 361. The summed E-state index contributed by atoms with van der Waals surface area (Å²) in [6.45, 7) is 13.2. The minimum absolute atomic E-state index is 0.0222. The number of rotatable bonds is 5. The Morgan fingerprint density at radius 3 is 2.37 bits per heavy atom. The summed E-state index contributed by atoms with van der Waals surface area (Å²) < 4.78 is 5.94. The molecule has 1 aliphatic rings. The van der Waals surface area contributed by atoms with E-state index in [-0.39, 0.29) is 24.5 Å². The maximum atomic E-state index is 11.9. The summed E-state index contributed by atoms with van der Waals surface area (Å²) in [7, 11) is -3.26. The van der Waals surface area contributed by atoms with Gasteiger partial charge in [0.05, 0.1) is 19.1 Å². The topological polar surface area (TPSA) is 58.6 Å². The smallest absolute Gasteiger partial charge is 0.231 e. The van der Waals surface area contributed by atoms with Crippen molar-refractivity contribution in [3.05, 3.63) is 0 Å². The van der Waals surface area contributed by atoms with Crippen molar-refractivity contribution in [1.29, 1.82) is 0 Å². The molecule has 1 heterocycles. The van der Waals surface area contributed by atoms with E-state index in [1.54, 1.807) is 4.90 Å². The Morgan fingerprint density at radius 1 is 1.32 bits per heavy atom. The summed E-state index contributed by atoms with van der Waals surface area (Å²) >= 11 is 0. The molecule has 1 aliphatic heterocycles. The van der Waals surface area contributed by atoms with Crippen LogP contribution < -0.4 is 4.98 Å². The number of carbonyl (C=O) groups excluding carboxylic acids is 2. The highest BCUT2D eigenvalue weighted by Crippen LogP contribution is 2.18. The fourth-order valence-corrected chi connectivity index (χ4v) is 4.17. The zero-order valence-electron chi connectivity index (χ0n) is 12.9. The molecule has 110 valence electrons. The largest absolute Gasteiger partial charge is 0.412 e. The van der Waals surface area contributed by atoms with Gasteiger partial charge in [0.25, 0.3) is 0 Å². The molecule has 7 heteroatoms. The van der Waals surface area contributed by atoms with Crippen LogP contribution in [0.2, 0.25) is 39.3 Å². The first-order valence-corrected chi connectivity index (χ1v) is 13.6. The summed E-state index contributed by atoms with van der Waals surface area (Å²) in [5.41, 5.74) is 0. The molecule has 0 radical (unpaired) electrons. The van der Waals surface area contributed by atoms with Gasteiger partial charge in [0.1, 0.15) is 8.24 Å². The number of carbonyl (C=O) groups is 2. The van der Waals surface area contributed by atoms with Crippen LogP contribution in [0.5, 0.6) is 0 Å². The third-order valence-corrected chi connectivity index (χ3v) is 4.62. The second kappa shape index (κ2) is 5.76. The van der Waals surface area contributed by atoms with Gasteiger partial charge >= 0.3 is 0 Å². The molecule has 1 saturated heterocycles. The first kappa shape index (κ1) is 16.4. The van der Waals surface area contributed by atoms with E-state index in [0.29, 0.717) is 13.0 Å². The van der Waals surface area contributed by atoms with E-state index >= 15 is 0 Å².